The third-order valence-corrected chi connectivity index (χ3v) is 6.00. The maximum atomic E-state index is 12.8. The fourth-order valence-corrected chi connectivity index (χ4v) is 4.17. The van der Waals surface area contributed by atoms with E-state index >= 15 is 0 Å². The molecule has 0 aliphatic carbocycles. The molecule has 0 atom stereocenters. The minimum absolute atomic E-state index is 0.0839. The van der Waals surface area contributed by atoms with Gasteiger partial charge in [0.1, 0.15) is 0 Å². The standard InChI is InChI=1S/C27H23N3O6/c31-24(10-5-13-30-26(33)18-6-1-2-7-19(18)27(30)34)29-21-9-4-3-8-20(21)25(32)28-15-17-11-12-22-23(14-17)36-16-35-22/h1-4,6-9,11-12,14H,5,10,13,15-16H2,(H,28,32)(H,29,31). The van der Waals surface area contributed by atoms with E-state index in [1.807, 2.05) is 12.1 Å². The highest BCUT2D eigenvalue weighted by atomic mass is 16.7. The SMILES string of the molecule is O=C(CCCN1C(=O)c2ccccc2C1=O)Nc1ccccc1C(=O)NCc1ccc2c(c1)OCO2. The summed E-state index contributed by atoms with van der Waals surface area (Å²) in [7, 11) is 0. The van der Waals surface area contributed by atoms with Gasteiger partial charge in [0.15, 0.2) is 11.5 Å². The lowest BCUT2D eigenvalue weighted by Gasteiger charge is -2.14. The van der Waals surface area contributed by atoms with Gasteiger partial charge in [0.2, 0.25) is 12.7 Å². The van der Waals surface area contributed by atoms with Gasteiger partial charge < -0.3 is 20.1 Å². The summed E-state index contributed by atoms with van der Waals surface area (Å²) in [6, 6.07) is 18.8. The zero-order valence-corrected chi connectivity index (χ0v) is 19.3. The van der Waals surface area contributed by atoms with Crippen molar-refractivity contribution in [2.45, 2.75) is 19.4 Å². The van der Waals surface area contributed by atoms with Gasteiger partial charge >= 0.3 is 0 Å². The minimum atomic E-state index is -0.347. The molecular weight excluding hydrogens is 462 g/mol. The topological polar surface area (TPSA) is 114 Å². The number of imide groups is 1. The van der Waals surface area contributed by atoms with Gasteiger partial charge in [0.05, 0.1) is 22.4 Å². The van der Waals surface area contributed by atoms with Crippen LogP contribution >= 0.6 is 0 Å². The number of amides is 4. The summed E-state index contributed by atoms with van der Waals surface area (Å²) in [6.07, 6.45) is 0.385. The molecule has 2 aliphatic rings. The number of carbonyl (C=O) groups is 4. The molecule has 2 heterocycles. The van der Waals surface area contributed by atoms with E-state index in [0.717, 1.165) is 10.5 Å². The van der Waals surface area contributed by atoms with Crippen LogP contribution < -0.4 is 20.1 Å². The smallest absolute Gasteiger partial charge is 0.261 e. The molecular formula is C27H23N3O6. The molecule has 3 aromatic rings. The third kappa shape index (κ3) is 4.63. The second-order valence-corrected chi connectivity index (χ2v) is 8.38. The molecule has 0 spiro atoms. The van der Waals surface area contributed by atoms with Crippen molar-refractivity contribution in [3.05, 3.63) is 89.0 Å². The molecule has 0 radical (unpaired) electrons. The molecule has 36 heavy (non-hydrogen) atoms. The summed E-state index contributed by atoms with van der Waals surface area (Å²) >= 11 is 0. The van der Waals surface area contributed by atoms with Gasteiger partial charge in [-0.05, 0) is 48.4 Å². The predicted molar refractivity (Wildman–Crippen MR) is 130 cm³/mol. The normalized spacial score (nSPS) is 13.5. The fourth-order valence-electron chi connectivity index (χ4n) is 4.17. The van der Waals surface area contributed by atoms with Gasteiger partial charge in [-0.25, -0.2) is 0 Å². The summed E-state index contributed by atoms with van der Waals surface area (Å²) in [5, 5.41) is 5.61. The van der Waals surface area contributed by atoms with Crippen molar-refractivity contribution < 1.29 is 28.7 Å². The Morgan fingerprint density at radius 2 is 1.56 bits per heavy atom. The van der Waals surface area contributed by atoms with Gasteiger partial charge in [0, 0.05) is 19.5 Å². The van der Waals surface area contributed by atoms with Crippen LogP contribution in [0.2, 0.25) is 0 Å². The summed E-state index contributed by atoms with van der Waals surface area (Å²) in [5.74, 6) is -0.0463. The number of benzene rings is 3. The number of nitrogens with one attached hydrogen (secondary N) is 2. The molecule has 9 nitrogen and oxygen atoms in total. The van der Waals surface area contributed by atoms with Crippen molar-refractivity contribution in [2.75, 3.05) is 18.7 Å². The summed E-state index contributed by atoms with van der Waals surface area (Å²) in [4.78, 5) is 51.5. The molecule has 0 saturated heterocycles. The number of para-hydroxylation sites is 1. The van der Waals surface area contributed by atoms with Crippen molar-refractivity contribution in [1.29, 1.82) is 0 Å². The Morgan fingerprint density at radius 3 is 2.33 bits per heavy atom. The molecule has 4 amide bonds. The number of carbonyl (C=O) groups excluding carboxylic acids is 4. The lowest BCUT2D eigenvalue weighted by molar-refractivity contribution is -0.116. The number of hydrogen-bond acceptors (Lipinski definition) is 6. The molecule has 0 bridgehead atoms. The first kappa shape index (κ1) is 23.1. The van der Waals surface area contributed by atoms with Crippen LogP contribution in [0, 0.1) is 0 Å². The molecule has 182 valence electrons. The zero-order chi connectivity index (χ0) is 25.1. The Balaban J connectivity index is 1.14. The van der Waals surface area contributed by atoms with Crippen LogP contribution in [0.3, 0.4) is 0 Å². The average molecular weight is 485 g/mol. The highest BCUT2D eigenvalue weighted by molar-refractivity contribution is 6.21. The van der Waals surface area contributed by atoms with Crippen LogP contribution in [0.25, 0.3) is 0 Å². The van der Waals surface area contributed by atoms with Crippen LogP contribution in [-0.4, -0.2) is 41.9 Å². The second kappa shape index (κ2) is 9.91. The Bertz CT molecular complexity index is 1330. The molecule has 0 aromatic heterocycles. The van der Waals surface area contributed by atoms with E-state index in [2.05, 4.69) is 10.6 Å². The monoisotopic (exact) mass is 485 g/mol. The van der Waals surface area contributed by atoms with Crippen molar-refractivity contribution >= 4 is 29.3 Å². The maximum Gasteiger partial charge on any atom is 0.261 e. The van der Waals surface area contributed by atoms with E-state index in [4.69, 9.17) is 9.47 Å². The quantitative estimate of drug-likeness (QED) is 0.473. The Labute approximate surface area is 207 Å². The van der Waals surface area contributed by atoms with E-state index in [1.165, 1.54) is 0 Å². The highest BCUT2D eigenvalue weighted by Gasteiger charge is 2.34. The van der Waals surface area contributed by atoms with Crippen LogP contribution in [0.1, 0.15) is 49.5 Å². The summed E-state index contributed by atoms with van der Waals surface area (Å²) in [5.41, 5.74) is 2.32. The number of hydrogen-bond donors (Lipinski definition) is 2. The largest absolute Gasteiger partial charge is 0.454 e. The summed E-state index contributed by atoms with van der Waals surface area (Å²) < 4.78 is 10.7. The lowest BCUT2D eigenvalue weighted by atomic mass is 10.1. The zero-order valence-electron chi connectivity index (χ0n) is 19.3. The van der Waals surface area contributed by atoms with Gasteiger partial charge in [0.25, 0.3) is 17.7 Å². The van der Waals surface area contributed by atoms with Crippen molar-refractivity contribution in [1.82, 2.24) is 10.2 Å². The maximum absolute atomic E-state index is 12.8. The molecule has 0 saturated carbocycles. The lowest BCUT2D eigenvalue weighted by Crippen LogP contribution is -2.31. The van der Waals surface area contributed by atoms with Crippen LogP contribution in [0.5, 0.6) is 11.5 Å². The minimum Gasteiger partial charge on any atom is -0.454 e. The molecule has 0 fully saturated rings. The number of ether oxygens (including phenoxy) is 2. The Morgan fingerprint density at radius 1 is 0.861 bits per heavy atom. The van der Waals surface area contributed by atoms with Gasteiger partial charge in [-0.2, -0.15) is 0 Å². The number of nitrogens with zero attached hydrogens (tertiary/aromatic N) is 1. The first-order chi connectivity index (χ1) is 17.5. The van der Waals surface area contributed by atoms with Crippen molar-refractivity contribution in [3.8, 4) is 11.5 Å². The van der Waals surface area contributed by atoms with Crippen molar-refractivity contribution in [2.24, 2.45) is 0 Å². The first-order valence-electron chi connectivity index (χ1n) is 11.5. The number of anilines is 1. The van der Waals surface area contributed by atoms with Crippen molar-refractivity contribution in [3.63, 3.8) is 0 Å². The predicted octanol–water partition coefficient (Wildman–Crippen LogP) is 3.36. The summed E-state index contributed by atoms with van der Waals surface area (Å²) in [6.45, 7) is 0.589. The van der Waals surface area contributed by atoms with Crippen LogP contribution in [0.15, 0.2) is 66.7 Å². The van der Waals surface area contributed by atoms with Gasteiger partial charge in [-0.1, -0.05) is 30.3 Å². The highest BCUT2D eigenvalue weighted by Crippen LogP contribution is 2.32. The average Bonchev–Trinajstić information content (AvgIpc) is 3.46. The fraction of sp³-hybridized carbons (Fsp3) is 0.185. The van der Waals surface area contributed by atoms with Gasteiger partial charge in [-0.3, -0.25) is 24.1 Å². The first-order valence-corrected chi connectivity index (χ1v) is 11.5. The van der Waals surface area contributed by atoms with E-state index < -0.39 is 0 Å². The van der Waals surface area contributed by atoms with E-state index in [1.54, 1.807) is 54.6 Å². The third-order valence-electron chi connectivity index (χ3n) is 6.00. The van der Waals surface area contributed by atoms with E-state index in [-0.39, 0.29) is 49.9 Å². The second-order valence-electron chi connectivity index (χ2n) is 8.38. The molecule has 3 aromatic carbocycles. The van der Waals surface area contributed by atoms with Crippen LogP contribution in [0.4, 0.5) is 5.69 Å². The molecule has 5 rings (SSSR count). The van der Waals surface area contributed by atoms with E-state index in [9.17, 15) is 19.2 Å². The van der Waals surface area contributed by atoms with E-state index in [0.29, 0.717) is 40.3 Å². The molecule has 2 aliphatic heterocycles. The molecule has 0 unspecified atom stereocenters. The molecule has 2 N–H and O–H groups in total. The van der Waals surface area contributed by atoms with Crippen LogP contribution in [-0.2, 0) is 11.3 Å². The number of fused-ring (bicyclic) bond motifs is 2. The Hall–Kier alpha value is -4.66. The molecule has 9 heteroatoms. The Kier molecular flexibility index (Phi) is 6.36. The van der Waals surface area contributed by atoms with Gasteiger partial charge in [-0.15, -0.1) is 0 Å². The number of rotatable bonds is 8.